The number of nitrogens with one attached hydrogen (secondary N) is 3. The molecule has 0 bridgehead atoms. The third-order valence-corrected chi connectivity index (χ3v) is 4.75. The zero-order valence-electron chi connectivity index (χ0n) is 13.8. The highest BCUT2D eigenvalue weighted by Crippen LogP contribution is 2.31. The van der Waals surface area contributed by atoms with Crippen LogP contribution in [0.3, 0.4) is 0 Å². The van der Waals surface area contributed by atoms with Gasteiger partial charge in [0.15, 0.2) is 5.78 Å². The summed E-state index contributed by atoms with van der Waals surface area (Å²) in [6.45, 7) is 0. The number of hydrogen-bond donors (Lipinski definition) is 4. The van der Waals surface area contributed by atoms with Gasteiger partial charge in [-0.25, -0.2) is 4.68 Å². The summed E-state index contributed by atoms with van der Waals surface area (Å²) < 4.78 is 1.58. The predicted octanol–water partition coefficient (Wildman–Crippen LogP) is 2.53. The van der Waals surface area contributed by atoms with E-state index in [9.17, 15) is 4.79 Å². The van der Waals surface area contributed by atoms with Gasteiger partial charge in [0.1, 0.15) is 5.82 Å². The van der Waals surface area contributed by atoms with Crippen LogP contribution in [0.5, 0.6) is 0 Å². The van der Waals surface area contributed by atoms with Gasteiger partial charge in [-0.15, -0.1) is 5.53 Å². The molecule has 3 aromatic rings. The second-order valence-corrected chi connectivity index (χ2v) is 6.33. The van der Waals surface area contributed by atoms with Crippen molar-refractivity contribution in [2.75, 3.05) is 16.6 Å². The number of carbonyl (C=O) groups is 1. The summed E-state index contributed by atoms with van der Waals surface area (Å²) in [4.78, 5) is 12.9. The number of nitrogens with two attached hydrogens (primary N) is 1. The lowest BCUT2D eigenvalue weighted by molar-refractivity contribution is 0.103. The first-order valence-electron chi connectivity index (χ1n) is 8.29. The van der Waals surface area contributed by atoms with E-state index in [1.807, 2.05) is 48.5 Å². The zero-order valence-corrected chi connectivity index (χ0v) is 13.8. The Morgan fingerprint density at radius 2 is 1.96 bits per heavy atom. The summed E-state index contributed by atoms with van der Waals surface area (Å²) >= 11 is 0. The Morgan fingerprint density at radius 3 is 2.85 bits per heavy atom. The minimum absolute atomic E-state index is 0.0763. The van der Waals surface area contributed by atoms with E-state index < -0.39 is 0 Å². The number of nitrogen functional groups attached to an aromatic ring is 1. The number of rotatable bonds is 3. The van der Waals surface area contributed by atoms with Crippen molar-refractivity contribution in [1.29, 1.82) is 0 Å². The smallest absolute Gasteiger partial charge is 0.194 e. The first-order chi connectivity index (χ1) is 12.7. The zero-order chi connectivity index (χ0) is 17.7. The molecule has 0 atom stereocenters. The van der Waals surface area contributed by atoms with E-state index in [4.69, 9.17) is 5.73 Å². The van der Waals surface area contributed by atoms with Crippen LogP contribution in [0, 0.1) is 0 Å². The van der Waals surface area contributed by atoms with Crippen molar-refractivity contribution >= 4 is 29.1 Å². The Hall–Kier alpha value is -3.58. The van der Waals surface area contributed by atoms with Crippen LogP contribution < -0.4 is 22.1 Å². The molecular formula is C19H16N6O. The third kappa shape index (κ3) is 2.18. The number of aromatic nitrogens is 2. The molecule has 2 aromatic carbocycles. The monoisotopic (exact) mass is 344 g/mol. The standard InChI is InChI=1S/C19H16N6O/c20-19-15(18(26)13-7-11-3-1-2-4-12(11)8-13)10-21-25(19)14-5-6-16-17(9-14)23-24-22-16/h1-7,9-10,22-24H,8,20H2. The summed E-state index contributed by atoms with van der Waals surface area (Å²) in [6, 6.07) is 13.7. The fourth-order valence-electron chi connectivity index (χ4n) is 3.38. The van der Waals surface area contributed by atoms with Crippen LogP contribution in [0.4, 0.5) is 17.2 Å². The maximum atomic E-state index is 12.9. The van der Waals surface area contributed by atoms with E-state index in [1.165, 1.54) is 0 Å². The Morgan fingerprint density at radius 1 is 1.12 bits per heavy atom. The number of anilines is 3. The van der Waals surface area contributed by atoms with Crippen LogP contribution in [0.25, 0.3) is 11.8 Å². The molecule has 1 aromatic heterocycles. The number of ketones is 1. The van der Waals surface area contributed by atoms with Crippen molar-refractivity contribution in [2.24, 2.45) is 0 Å². The molecule has 2 aliphatic rings. The van der Waals surface area contributed by atoms with E-state index in [0.29, 0.717) is 17.8 Å². The van der Waals surface area contributed by atoms with Crippen LogP contribution in [0.15, 0.2) is 54.2 Å². The number of hydrogen-bond acceptors (Lipinski definition) is 6. The van der Waals surface area contributed by atoms with Gasteiger partial charge in [-0.05, 0) is 35.4 Å². The van der Waals surface area contributed by atoms with Gasteiger partial charge in [0.05, 0.1) is 28.8 Å². The van der Waals surface area contributed by atoms with Gasteiger partial charge in [0.2, 0.25) is 0 Å². The van der Waals surface area contributed by atoms with Gasteiger partial charge in [0, 0.05) is 12.0 Å². The Labute approximate surface area is 149 Å². The first kappa shape index (κ1) is 14.7. The largest absolute Gasteiger partial charge is 0.383 e. The van der Waals surface area contributed by atoms with Gasteiger partial charge in [0.25, 0.3) is 0 Å². The summed E-state index contributed by atoms with van der Waals surface area (Å²) in [7, 11) is 0. The topological polar surface area (TPSA) is 97.0 Å². The molecule has 2 heterocycles. The Bertz CT molecular complexity index is 1080. The van der Waals surface area contributed by atoms with E-state index in [2.05, 4.69) is 21.5 Å². The third-order valence-electron chi connectivity index (χ3n) is 4.75. The summed E-state index contributed by atoms with van der Waals surface area (Å²) in [6.07, 6.45) is 4.10. The van der Waals surface area contributed by atoms with Gasteiger partial charge >= 0.3 is 0 Å². The molecule has 0 saturated carbocycles. The van der Waals surface area contributed by atoms with Gasteiger partial charge in [-0.2, -0.15) is 5.10 Å². The molecule has 128 valence electrons. The SMILES string of the molecule is Nc1c(C(=O)C2=Cc3ccccc3C2)cnn1-c1ccc2c(c1)NNN2. The van der Waals surface area contributed by atoms with E-state index >= 15 is 0 Å². The molecule has 7 nitrogen and oxygen atoms in total. The van der Waals surface area contributed by atoms with Crippen LogP contribution >= 0.6 is 0 Å². The van der Waals surface area contributed by atoms with Crippen molar-refractivity contribution in [2.45, 2.75) is 6.42 Å². The minimum Gasteiger partial charge on any atom is -0.383 e. The van der Waals surface area contributed by atoms with Crippen LogP contribution in [-0.2, 0) is 6.42 Å². The molecule has 0 unspecified atom stereocenters. The molecule has 1 aliphatic carbocycles. The van der Waals surface area contributed by atoms with Gasteiger partial charge in [-0.3, -0.25) is 4.79 Å². The van der Waals surface area contributed by atoms with E-state index in [1.54, 1.807) is 10.9 Å². The molecule has 0 spiro atoms. The molecule has 7 heteroatoms. The molecule has 5 N–H and O–H groups in total. The number of Topliss-reactive ketones (excluding diaryl/α,β-unsaturated/α-hetero) is 1. The van der Waals surface area contributed by atoms with Crippen molar-refractivity contribution in [1.82, 2.24) is 15.3 Å². The number of allylic oxidation sites excluding steroid dienone is 1. The number of nitrogens with zero attached hydrogens (tertiary/aromatic N) is 2. The van der Waals surface area contributed by atoms with E-state index in [0.717, 1.165) is 33.8 Å². The van der Waals surface area contributed by atoms with Crippen molar-refractivity contribution in [3.05, 3.63) is 70.9 Å². The Balaban J connectivity index is 1.48. The molecular weight excluding hydrogens is 328 g/mol. The fourth-order valence-corrected chi connectivity index (χ4v) is 3.38. The number of hydrazine groups is 2. The van der Waals surface area contributed by atoms with Gasteiger partial charge < -0.3 is 16.6 Å². The second-order valence-electron chi connectivity index (χ2n) is 6.33. The summed E-state index contributed by atoms with van der Waals surface area (Å²) in [5.74, 6) is 0.262. The van der Waals surface area contributed by atoms with E-state index in [-0.39, 0.29) is 5.78 Å². The quantitative estimate of drug-likeness (QED) is 0.545. The van der Waals surface area contributed by atoms with Gasteiger partial charge in [-0.1, -0.05) is 24.3 Å². The highest BCUT2D eigenvalue weighted by atomic mass is 16.1. The lowest BCUT2D eigenvalue weighted by Gasteiger charge is -2.07. The number of fused-ring (bicyclic) bond motifs is 2. The number of benzene rings is 2. The molecule has 0 radical (unpaired) electrons. The molecule has 5 rings (SSSR count). The summed E-state index contributed by atoms with van der Waals surface area (Å²) in [5, 5.41) is 4.33. The molecule has 0 saturated heterocycles. The van der Waals surface area contributed by atoms with Crippen LogP contribution in [0.1, 0.15) is 21.5 Å². The fraction of sp³-hybridized carbons (Fsp3) is 0.0526. The maximum absolute atomic E-state index is 12.9. The van der Waals surface area contributed by atoms with Crippen LogP contribution in [0.2, 0.25) is 0 Å². The molecule has 0 amide bonds. The maximum Gasteiger partial charge on any atom is 0.194 e. The predicted molar refractivity (Wildman–Crippen MR) is 101 cm³/mol. The Kier molecular flexibility index (Phi) is 3.10. The average Bonchev–Trinajstić information content (AvgIpc) is 3.38. The highest BCUT2D eigenvalue weighted by Gasteiger charge is 2.24. The second kappa shape index (κ2) is 5.47. The molecule has 1 aliphatic heterocycles. The highest BCUT2D eigenvalue weighted by molar-refractivity contribution is 6.15. The van der Waals surface area contributed by atoms with Crippen molar-refractivity contribution in [3.8, 4) is 5.69 Å². The lowest BCUT2D eigenvalue weighted by Crippen LogP contribution is -2.19. The molecule has 0 fully saturated rings. The normalized spacial score (nSPS) is 14.2. The summed E-state index contributed by atoms with van der Waals surface area (Å²) in [5.41, 5.74) is 21.1. The molecule has 26 heavy (non-hydrogen) atoms. The number of carbonyl (C=O) groups excluding carboxylic acids is 1. The first-order valence-corrected chi connectivity index (χ1v) is 8.29. The minimum atomic E-state index is -0.0763. The van der Waals surface area contributed by atoms with Crippen molar-refractivity contribution in [3.63, 3.8) is 0 Å². The van der Waals surface area contributed by atoms with Crippen LogP contribution in [-0.4, -0.2) is 15.6 Å². The lowest BCUT2D eigenvalue weighted by atomic mass is 10.0. The average molecular weight is 344 g/mol. The van der Waals surface area contributed by atoms with Crippen molar-refractivity contribution < 1.29 is 4.79 Å².